The molecule has 2 aromatic heterocycles. The Bertz CT molecular complexity index is 566. The van der Waals surface area contributed by atoms with Gasteiger partial charge in [0.05, 0.1) is 5.39 Å². The lowest BCUT2D eigenvalue weighted by Gasteiger charge is -1.97. The molecule has 0 saturated carbocycles. The number of pyridine rings is 2. The highest BCUT2D eigenvalue weighted by atomic mass is 16.1. The van der Waals surface area contributed by atoms with Crippen molar-refractivity contribution in [2.75, 3.05) is 0 Å². The molecule has 0 saturated heterocycles. The van der Waals surface area contributed by atoms with Gasteiger partial charge in [-0.1, -0.05) is 0 Å². The van der Waals surface area contributed by atoms with E-state index in [-0.39, 0.29) is 11.0 Å². The lowest BCUT2D eigenvalue weighted by atomic mass is 10.2. The van der Waals surface area contributed by atoms with Crippen LogP contribution in [0.3, 0.4) is 0 Å². The van der Waals surface area contributed by atoms with Crippen LogP contribution < -0.4 is 11.0 Å². The Morgan fingerprint density at radius 2 is 2.00 bits per heavy atom. The molecule has 0 atom stereocenters. The minimum atomic E-state index is -0.216. The number of fused-ring (bicyclic) bond motifs is 1. The van der Waals surface area contributed by atoms with E-state index in [0.717, 1.165) is 0 Å². The highest BCUT2D eigenvalue weighted by molar-refractivity contribution is 5.74. The first-order chi connectivity index (χ1) is 6.18. The van der Waals surface area contributed by atoms with Gasteiger partial charge in [-0.2, -0.15) is 0 Å². The Labute approximate surface area is 73.2 Å². The van der Waals surface area contributed by atoms with Gasteiger partial charge in [-0.25, -0.2) is 0 Å². The SMILES string of the molecule is Cc1c[nH]c2[nH]c(=O)ccc2c1=O. The van der Waals surface area contributed by atoms with E-state index in [1.54, 1.807) is 13.1 Å². The second-order valence-corrected chi connectivity index (χ2v) is 2.91. The van der Waals surface area contributed by atoms with E-state index in [4.69, 9.17) is 0 Å². The number of hydrogen-bond donors (Lipinski definition) is 2. The number of hydrogen-bond acceptors (Lipinski definition) is 2. The van der Waals surface area contributed by atoms with Crippen molar-refractivity contribution in [3.8, 4) is 0 Å². The summed E-state index contributed by atoms with van der Waals surface area (Å²) in [4.78, 5) is 27.8. The minimum Gasteiger partial charge on any atom is -0.347 e. The van der Waals surface area contributed by atoms with Gasteiger partial charge in [0.1, 0.15) is 5.65 Å². The number of aromatic amines is 2. The van der Waals surface area contributed by atoms with Crippen LogP contribution in [0, 0.1) is 6.92 Å². The molecule has 0 bridgehead atoms. The molecule has 2 aromatic rings. The van der Waals surface area contributed by atoms with Crippen molar-refractivity contribution in [3.05, 3.63) is 44.5 Å². The molecule has 0 aliphatic heterocycles. The maximum absolute atomic E-state index is 11.5. The molecule has 0 unspecified atom stereocenters. The topological polar surface area (TPSA) is 65.7 Å². The van der Waals surface area contributed by atoms with Crippen molar-refractivity contribution in [2.45, 2.75) is 6.92 Å². The van der Waals surface area contributed by atoms with Crippen molar-refractivity contribution in [1.29, 1.82) is 0 Å². The van der Waals surface area contributed by atoms with E-state index < -0.39 is 0 Å². The highest BCUT2D eigenvalue weighted by Crippen LogP contribution is 2.00. The molecule has 0 fully saturated rings. The lowest BCUT2D eigenvalue weighted by Crippen LogP contribution is -2.11. The molecule has 0 aliphatic carbocycles. The van der Waals surface area contributed by atoms with Crippen LogP contribution >= 0.6 is 0 Å². The van der Waals surface area contributed by atoms with Gasteiger partial charge in [-0.15, -0.1) is 0 Å². The number of rotatable bonds is 0. The first-order valence-electron chi connectivity index (χ1n) is 3.90. The molecule has 2 N–H and O–H groups in total. The van der Waals surface area contributed by atoms with Crippen LogP contribution in [-0.2, 0) is 0 Å². The molecule has 0 amide bonds. The Kier molecular flexibility index (Phi) is 1.55. The average molecular weight is 176 g/mol. The van der Waals surface area contributed by atoms with Crippen LogP contribution in [0.15, 0.2) is 27.9 Å². The van der Waals surface area contributed by atoms with Gasteiger partial charge in [-0.05, 0) is 13.0 Å². The van der Waals surface area contributed by atoms with Crippen molar-refractivity contribution < 1.29 is 0 Å². The lowest BCUT2D eigenvalue weighted by molar-refractivity contribution is 1.20. The van der Waals surface area contributed by atoms with Crippen LogP contribution in [0.25, 0.3) is 11.0 Å². The van der Waals surface area contributed by atoms with Crippen LogP contribution in [0.1, 0.15) is 5.56 Å². The third kappa shape index (κ3) is 1.16. The van der Waals surface area contributed by atoms with Crippen LogP contribution in [0.4, 0.5) is 0 Å². The van der Waals surface area contributed by atoms with E-state index in [0.29, 0.717) is 16.6 Å². The third-order valence-corrected chi connectivity index (χ3v) is 1.95. The molecule has 0 spiro atoms. The fraction of sp³-hybridized carbons (Fsp3) is 0.111. The van der Waals surface area contributed by atoms with Crippen molar-refractivity contribution in [2.24, 2.45) is 0 Å². The van der Waals surface area contributed by atoms with E-state index in [1.807, 2.05) is 0 Å². The van der Waals surface area contributed by atoms with Crippen LogP contribution in [0.5, 0.6) is 0 Å². The number of nitrogens with one attached hydrogen (secondary N) is 2. The summed E-state index contributed by atoms with van der Waals surface area (Å²) < 4.78 is 0. The second-order valence-electron chi connectivity index (χ2n) is 2.91. The molecule has 0 aliphatic rings. The average Bonchev–Trinajstić information content (AvgIpc) is 2.12. The van der Waals surface area contributed by atoms with Gasteiger partial charge in [-0.3, -0.25) is 9.59 Å². The van der Waals surface area contributed by atoms with E-state index in [9.17, 15) is 9.59 Å². The summed E-state index contributed by atoms with van der Waals surface area (Å²) in [6.07, 6.45) is 1.58. The summed E-state index contributed by atoms with van der Waals surface area (Å²) in [6.45, 7) is 1.73. The van der Waals surface area contributed by atoms with Gasteiger partial charge < -0.3 is 9.97 Å². The predicted octanol–water partition coefficient (Wildman–Crippen LogP) is 0.525. The summed E-state index contributed by atoms with van der Waals surface area (Å²) in [5, 5.41) is 0.514. The maximum atomic E-state index is 11.5. The second kappa shape index (κ2) is 2.58. The van der Waals surface area contributed by atoms with Crippen LogP contribution in [0.2, 0.25) is 0 Å². The van der Waals surface area contributed by atoms with Gasteiger partial charge in [0.15, 0.2) is 5.43 Å². The molecule has 0 radical (unpaired) electrons. The Morgan fingerprint density at radius 3 is 2.77 bits per heavy atom. The summed E-state index contributed by atoms with van der Waals surface area (Å²) in [7, 11) is 0. The normalized spacial score (nSPS) is 10.5. The summed E-state index contributed by atoms with van der Waals surface area (Å²) >= 11 is 0. The molecule has 4 nitrogen and oxygen atoms in total. The quantitative estimate of drug-likeness (QED) is 0.614. The van der Waals surface area contributed by atoms with E-state index >= 15 is 0 Å². The zero-order valence-electron chi connectivity index (χ0n) is 7.05. The first kappa shape index (κ1) is 7.79. The summed E-state index contributed by atoms with van der Waals surface area (Å²) in [5.74, 6) is 0. The van der Waals surface area contributed by atoms with Crippen molar-refractivity contribution in [3.63, 3.8) is 0 Å². The zero-order valence-corrected chi connectivity index (χ0v) is 7.05. The van der Waals surface area contributed by atoms with Gasteiger partial charge >= 0.3 is 0 Å². The van der Waals surface area contributed by atoms with E-state index in [1.165, 1.54) is 12.1 Å². The minimum absolute atomic E-state index is 0.0509. The molecule has 2 heterocycles. The smallest absolute Gasteiger partial charge is 0.249 e. The fourth-order valence-corrected chi connectivity index (χ4v) is 1.24. The number of aromatic nitrogens is 2. The zero-order chi connectivity index (χ0) is 9.42. The summed E-state index contributed by atoms with van der Waals surface area (Å²) in [6, 6.07) is 2.87. The standard InChI is InChI=1S/C9H8N2O2/c1-5-4-10-9-6(8(5)13)2-3-7(12)11-9/h2-4H,1H3,(H2,10,11,12,13). The maximum Gasteiger partial charge on any atom is 0.249 e. The van der Waals surface area contributed by atoms with Gasteiger partial charge in [0, 0.05) is 17.8 Å². The number of H-pyrrole nitrogens is 2. The predicted molar refractivity (Wildman–Crippen MR) is 49.9 cm³/mol. The fourth-order valence-electron chi connectivity index (χ4n) is 1.24. The Morgan fingerprint density at radius 1 is 1.23 bits per heavy atom. The van der Waals surface area contributed by atoms with E-state index in [2.05, 4.69) is 9.97 Å². The molecular formula is C9H8N2O2. The molecular weight excluding hydrogens is 168 g/mol. The first-order valence-corrected chi connectivity index (χ1v) is 3.90. The third-order valence-electron chi connectivity index (χ3n) is 1.95. The van der Waals surface area contributed by atoms with Crippen LogP contribution in [-0.4, -0.2) is 9.97 Å². The largest absolute Gasteiger partial charge is 0.347 e. The Hall–Kier alpha value is -1.84. The van der Waals surface area contributed by atoms with Gasteiger partial charge in [0.2, 0.25) is 5.56 Å². The molecule has 2 rings (SSSR count). The summed E-state index contributed by atoms with van der Waals surface area (Å²) in [5.41, 5.74) is 0.847. The monoisotopic (exact) mass is 176 g/mol. The van der Waals surface area contributed by atoms with Gasteiger partial charge in [0.25, 0.3) is 0 Å². The van der Waals surface area contributed by atoms with Crippen molar-refractivity contribution in [1.82, 2.24) is 9.97 Å². The molecule has 66 valence electrons. The molecule has 13 heavy (non-hydrogen) atoms. The van der Waals surface area contributed by atoms with Crippen molar-refractivity contribution >= 4 is 11.0 Å². The molecule has 4 heteroatoms. The molecule has 0 aromatic carbocycles. The number of aryl methyl sites for hydroxylation is 1. The Balaban J connectivity index is 3.03. The highest BCUT2D eigenvalue weighted by Gasteiger charge is 2.00.